The highest BCUT2D eigenvalue weighted by Gasteiger charge is 2.29. The zero-order valence-corrected chi connectivity index (χ0v) is 12.2. The lowest BCUT2D eigenvalue weighted by Crippen LogP contribution is -2.46. The minimum Gasteiger partial charge on any atom is -0.438 e. The van der Waals surface area contributed by atoms with Gasteiger partial charge in [0.25, 0.3) is 0 Å². The Balaban J connectivity index is 1.77. The quantitative estimate of drug-likeness (QED) is 0.939. The summed E-state index contributed by atoms with van der Waals surface area (Å²) in [6.45, 7) is 5.84. The molecule has 1 fully saturated rings. The van der Waals surface area contributed by atoms with E-state index in [9.17, 15) is 0 Å². The van der Waals surface area contributed by atoms with E-state index in [1.165, 1.54) is 0 Å². The molecule has 1 N–H and O–H groups in total. The van der Waals surface area contributed by atoms with Gasteiger partial charge in [0.2, 0.25) is 5.88 Å². The summed E-state index contributed by atoms with van der Waals surface area (Å²) in [6.07, 6.45) is 1.64. The van der Waals surface area contributed by atoms with Crippen molar-refractivity contribution in [3.8, 4) is 11.6 Å². The van der Waals surface area contributed by atoms with Crippen LogP contribution in [0.15, 0.2) is 42.6 Å². The third kappa shape index (κ3) is 3.56. The molecule has 1 aromatic heterocycles. The Bertz CT molecular complexity index is 601. The predicted molar refractivity (Wildman–Crippen MR) is 79.3 cm³/mol. The predicted octanol–water partition coefficient (Wildman–Crippen LogP) is 2.71. The monoisotopic (exact) mass is 285 g/mol. The molecule has 2 aromatic rings. The van der Waals surface area contributed by atoms with E-state index in [4.69, 9.17) is 9.47 Å². The molecular weight excluding hydrogens is 266 g/mol. The van der Waals surface area contributed by atoms with Gasteiger partial charge in [-0.2, -0.15) is 5.10 Å². The van der Waals surface area contributed by atoms with Crippen LogP contribution in [0.25, 0.3) is 0 Å². The first-order valence-corrected chi connectivity index (χ1v) is 7.06. The lowest BCUT2D eigenvalue weighted by Gasteiger charge is -2.36. The second kappa shape index (κ2) is 5.79. The summed E-state index contributed by atoms with van der Waals surface area (Å²) in [4.78, 5) is 0. The van der Waals surface area contributed by atoms with E-state index in [1.807, 2.05) is 18.2 Å². The molecule has 0 spiro atoms. The average Bonchev–Trinajstić information content (AvgIpc) is 2.47. The molecule has 5 nitrogen and oxygen atoms in total. The molecule has 5 heteroatoms. The van der Waals surface area contributed by atoms with Crippen LogP contribution in [0.5, 0.6) is 11.6 Å². The highest BCUT2D eigenvalue weighted by Crippen LogP contribution is 2.29. The van der Waals surface area contributed by atoms with Gasteiger partial charge in [-0.1, -0.05) is 12.1 Å². The van der Waals surface area contributed by atoms with Crippen molar-refractivity contribution in [2.75, 3.05) is 13.1 Å². The number of ether oxygens (including phenoxy) is 2. The summed E-state index contributed by atoms with van der Waals surface area (Å²) >= 11 is 0. The SMILES string of the molecule is CC1(C)CNC[C@@H](c2cccc(Oc3cccnn3)c2)O1. The minimum atomic E-state index is -0.162. The van der Waals surface area contributed by atoms with E-state index < -0.39 is 0 Å². The summed E-state index contributed by atoms with van der Waals surface area (Å²) in [7, 11) is 0. The van der Waals surface area contributed by atoms with Crippen molar-refractivity contribution in [2.45, 2.75) is 25.6 Å². The number of hydrogen-bond acceptors (Lipinski definition) is 5. The van der Waals surface area contributed by atoms with Crippen molar-refractivity contribution in [1.29, 1.82) is 0 Å². The first-order valence-electron chi connectivity index (χ1n) is 7.06. The molecule has 1 aliphatic heterocycles. The normalized spacial score (nSPS) is 21.0. The van der Waals surface area contributed by atoms with Crippen LogP contribution in [0.1, 0.15) is 25.5 Å². The number of hydrogen-bond donors (Lipinski definition) is 1. The topological polar surface area (TPSA) is 56.3 Å². The summed E-state index contributed by atoms with van der Waals surface area (Å²) in [5, 5.41) is 11.1. The van der Waals surface area contributed by atoms with Crippen molar-refractivity contribution in [1.82, 2.24) is 15.5 Å². The van der Waals surface area contributed by atoms with Crippen molar-refractivity contribution in [2.24, 2.45) is 0 Å². The second-order valence-corrected chi connectivity index (χ2v) is 5.73. The molecule has 1 aromatic carbocycles. The van der Waals surface area contributed by atoms with E-state index in [-0.39, 0.29) is 11.7 Å². The maximum atomic E-state index is 6.12. The third-order valence-corrected chi connectivity index (χ3v) is 3.34. The van der Waals surface area contributed by atoms with E-state index in [2.05, 4.69) is 35.4 Å². The molecule has 0 bridgehead atoms. The standard InChI is InChI=1S/C16H19N3O2/c1-16(2)11-17-10-14(21-16)12-5-3-6-13(9-12)20-15-7-4-8-18-19-15/h3-9,14,17H,10-11H2,1-2H3/t14-/m0/s1. The maximum absolute atomic E-state index is 6.12. The lowest BCUT2D eigenvalue weighted by molar-refractivity contribution is -0.0959. The largest absolute Gasteiger partial charge is 0.438 e. The highest BCUT2D eigenvalue weighted by atomic mass is 16.5. The van der Waals surface area contributed by atoms with Gasteiger partial charge in [0, 0.05) is 25.4 Å². The number of morpholine rings is 1. The molecule has 2 heterocycles. The molecule has 0 unspecified atom stereocenters. The number of nitrogens with one attached hydrogen (secondary N) is 1. The van der Waals surface area contributed by atoms with E-state index >= 15 is 0 Å². The smallest absolute Gasteiger partial charge is 0.238 e. The van der Waals surface area contributed by atoms with Gasteiger partial charge in [0.1, 0.15) is 5.75 Å². The minimum absolute atomic E-state index is 0.0270. The van der Waals surface area contributed by atoms with Crippen molar-refractivity contribution in [3.63, 3.8) is 0 Å². The van der Waals surface area contributed by atoms with Crippen LogP contribution in [-0.4, -0.2) is 28.9 Å². The molecule has 0 amide bonds. The Morgan fingerprint density at radius 1 is 1.29 bits per heavy atom. The van der Waals surface area contributed by atoms with Crippen LogP contribution in [0.2, 0.25) is 0 Å². The van der Waals surface area contributed by atoms with Crippen LogP contribution >= 0.6 is 0 Å². The molecular formula is C16H19N3O2. The van der Waals surface area contributed by atoms with Gasteiger partial charge in [-0.15, -0.1) is 5.10 Å². The van der Waals surface area contributed by atoms with Gasteiger partial charge in [-0.05, 0) is 37.6 Å². The van der Waals surface area contributed by atoms with Crippen LogP contribution in [0.3, 0.4) is 0 Å². The molecule has 1 aliphatic rings. The Morgan fingerprint density at radius 2 is 2.19 bits per heavy atom. The lowest BCUT2D eigenvalue weighted by atomic mass is 10.0. The van der Waals surface area contributed by atoms with Gasteiger partial charge < -0.3 is 14.8 Å². The fourth-order valence-corrected chi connectivity index (χ4v) is 2.40. The molecule has 3 rings (SSSR count). The second-order valence-electron chi connectivity index (χ2n) is 5.73. The highest BCUT2D eigenvalue weighted by molar-refractivity contribution is 5.32. The van der Waals surface area contributed by atoms with Crippen molar-refractivity contribution >= 4 is 0 Å². The maximum Gasteiger partial charge on any atom is 0.238 e. The Kier molecular flexibility index (Phi) is 3.86. The van der Waals surface area contributed by atoms with Gasteiger partial charge in [0.05, 0.1) is 11.7 Å². The number of aromatic nitrogens is 2. The van der Waals surface area contributed by atoms with Gasteiger partial charge in [0.15, 0.2) is 0 Å². The fraction of sp³-hybridized carbons (Fsp3) is 0.375. The molecule has 1 atom stereocenters. The number of nitrogens with zero attached hydrogens (tertiary/aromatic N) is 2. The van der Waals surface area contributed by atoms with E-state index in [0.29, 0.717) is 5.88 Å². The first-order chi connectivity index (χ1) is 10.1. The molecule has 1 saturated heterocycles. The third-order valence-electron chi connectivity index (χ3n) is 3.34. The van der Waals surface area contributed by atoms with Crippen LogP contribution in [0.4, 0.5) is 0 Å². The van der Waals surface area contributed by atoms with Crippen molar-refractivity contribution in [3.05, 3.63) is 48.2 Å². The van der Waals surface area contributed by atoms with Gasteiger partial charge in [-0.25, -0.2) is 0 Å². The Morgan fingerprint density at radius 3 is 2.95 bits per heavy atom. The molecule has 0 aliphatic carbocycles. The summed E-state index contributed by atoms with van der Waals surface area (Å²) in [6, 6.07) is 11.5. The number of rotatable bonds is 3. The molecule has 0 radical (unpaired) electrons. The number of benzene rings is 1. The summed E-state index contributed by atoms with van der Waals surface area (Å²) < 4.78 is 11.8. The van der Waals surface area contributed by atoms with Gasteiger partial charge in [-0.3, -0.25) is 0 Å². The van der Waals surface area contributed by atoms with Gasteiger partial charge >= 0.3 is 0 Å². The van der Waals surface area contributed by atoms with E-state index in [1.54, 1.807) is 18.3 Å². The van der Waals surface area contributed by atoms with Crippen molar-refractivity contribution < 1.29 is 9.47 Å². The zero-order valence-electron chi connectivity index (χ0n) is 12.2. The van der Waals surface area contributed by atoms with Crippen LogP contribution in [0, 0.1) is 0 Å². The van der Waals surface area contributed by atoms with Crippen LogP contribution < -0.4 is 10.1 Å². The van der Waals surface area contributed by atoms with Crippen LogP contribution in [-0.2, 0) is 4.74 Å². The first kappa shape index (κ1) is 14.0. The summed E-state index contributed by atoms with van der Waals surface area (Å²) in [5.74, 6) is 1.22. The molecule has 110 valence electrons. The Hall–Kier alpha value is -1.98. The molecule has 0 saturated carbocycles. The van der Waals surface area contributed by atoms with E-state index in [0.717, 1.165) is 24.4 Å². The average molecular weight is 285 g/mol. The summed E-state index contributed by atoms with van der Waals surface area (Å²) in [5.41, 5.74) is 0.932. The Labute approximate surface area is 124 Å². The fourth-order valence-electron chi connectivity index (χ4n) is 2.40. The molecule has 21 heavy (non-hydrogen) atoms. The zero-order chi connectivity index (χ0) is 14.7.